The number of nitrogens with two attached hydrogens (primary N) is 1. The Morgan fingerprint density at radius 2 is 2.00 bits per heavy atom. The quantitative estimate of drug-likeness (QED) is 0.712. The summed E-state index contributed by atoms with van der Waals surface area (Å²) in [5.74, 6) is -0.465. The number of nitrogens with one attached hydrogen (secondary N) is 1. The Morgan fingerprint density at radius 3 is 2.83 bits per heavy atom. The van der Waals surface area contributed by atoms with Crippen molar-refractivity contribution in [1.29, 1.82) is 0 Å². The van der Waals surface area contributed by atoms with Gasteiger partial charge in [0.15, 0.2) is 0 Å². The van der Waals surface area contributed by atoms with Crippen LogP contribution in [-0.4, -0.2) is 20.9 Å². The van der Waals surface area contributed by atoms with E-state index in [-0.39, 0.29) is 0 Å². The first-order chi connectivity index (χ1) is 8.77. The number of rotatable bonds is 2. The van der Waals surface area contributed by atoms with E-state index >= 15 is 0 Å². The number of hydrogen-bond donors (Lipinski definition) is 2. The summed E-state index contributed by atoms with van der Waals surface area (Å²) in [6, 6.07) is 9.02. The molecular weight excluding hydrogens is 228 g/mol. The molecule has 88 valence electrons. The van der Waals surface area contributed by atoms with Gasteiger partial charge in [-0.05, 0) is 12.1 Å². The van der Waals surface area contributed by atoms with Crippen molar-refractivity contribution in [2.24, 2.45) is 5.73 Å². The summed E-state index contributed by atoms with van der Waals surface area (Å²) in [4.78, 5) is 22.8. The van der Waals surface area contributed by atoms with E-state index in [2.05, 4.69) is 15.0 Å². The van der Waals surface area contributed by atoms with Crippen LogP contribution in [0.15, 0.2) is 42.9 Å². The highest BCUT2D eigenvalue weighted by molar-refractivity contribution is 6.03. The standard InChI is InChI=1S/C13H10N4O/c14-12(18)9-4-2-1-3-8(9)11-10-5-6-15-13(10)17-7-16-11/h1-7H,(H2,14,18)(H,15,16,17). The molecule has 0 aliphatic rings. The zero-order chi connectivity index (χ0) is 12.5. The molecule has 1 amide bonds. The number of hydrogen-bond acceptors (Lipinski definition) is 3. The van der Waals surface area contributed by atoms with Crippen LogP contribution in [0.25, 0.3) is 22.3 Å². The first-order valence-electron chi connectivity index (χ1n) is 5.44. The van der Waals surface area contributed by atoms with Crippen LogP contribution in [0.4, 0.5) is 0 Å². The van der Waals surface area contributed by atoms with Crippen molar-refractivity contribution in [1.82, 2.24) is 15.0 Å². The van der Waals surface area contributed by atoms with Crippen LogP contribution < -0.4 is 5.73 Å². The van der Waals surface area contributed by atoms with E-state index in [0.29, 0.717) is 11.3 Å². The minimum atomic E-state index is -0.465. The molecule has 2 aromatic heterocycles. The fourth-order valence-corrected chi connectivity index (χ4v) is 1.99. The molecule has 0 atom stereocenters. The second-order valence-electron chi connectivity index (χ2n) is 3.87. The molecule has 0 radical (unpaired) electrons. The van der Waals surface area contributed by atoms with Gasteiger partial charge in [-0.3, -0.25) is 4.79 Å². The summed E-state index contributed by atoms with van der Waals surface area (Å²) in [5.41, 5.74) is 8.00. The van der Waals surface area contributed by atoms with Crippen molar-refractivity contribution < 1.29 is 4.79 Å². The van der Waals surface area contributed by atoms with Crippen LogP contribution in [0.5, 0.6) is 0 Å². The van der Waals surface area contributed by atoms with Crippen LogP contribution in [0.1, 0.15) is 10.4 Å². The van der Waals surface area contributed by atoms with Gasteiger partial charge in [-0.1, -0.05) is 18.2 Å². The molecule has 0 fully saturated rings. The predicted molar refractivity (Wildman–Crippen MR) is 67.8 cm³/mol. The minimum absolute atomic E-state index is 0.457. The number of fused-ring (bicyclic) bond motifs is 1. The maximum Gasteiger partial charge on any atom is 0.249 e. The third kappa shape index (κ3) is 1.53. The Bertz CT molecular complexity index is 732. The molecule has 0 saturated carbocycles. The van der Waals surface area contributed by atoms with Gasteiger partial charge in [0.05, 0.1) is 5.69 Å². The van der Waals surface area contributed by atoms with E-state index in [4.69, 9.17) is 5.73 Å². The summed E-state index contributed by atoms with van der Waals surface area (Å²) in [7, 11) is 0. The average molecular weight is 238 g/mol. The molecular formula is C13H10N4O. The molecule has 0 aliphatic carbocycles. The van der Waals surface area contributed by atoms with E-state index in [0.717, 1.165) is 16.6 Å². The van der Waals surface area contributed by atoms with Crippen LogP contribution in [0.3, 0.4) is 0 Å². The second kappa shape index (κ2) is 3.96. The number of aromatic nitrogens is 3. The van der Waals surface area contributed by atoms with Crippen LogP contribution in [-0.2, 0) is 0 Å². The number of benzene rings is 1. The maximum atomic E-state index is 11.4. The lowest BCUT2D eigenvalue weighted by Crippen LogP contribution is -2.12. The van der Waals surface area contributed by atoms with Crippen molar-refractivity contribution in [2.45, 2.75) is 0 Å². The van der Waals surface area contributed by atoms with Gasteiger partial charge in [-0.2, -0.15) is 0 Å². The summed E-state index contributed by atoms with van der Waals surface area (Å²) in [6.45, 7) is 0. The molecule has 2 heterocycles. The van der Waals surface area contributed by atoms with Crippen molar-refractivity contribution in [3.8, 4) is 11.3 Å². The number of carbonyl (C=O) groups excluding carboxylic acids is 1. The van der Waals surface area contributed by atoms with Crippen molar-refractivity contribution in [3.63, 3.8) is 0 Å². The van der Waals surface area contributed by atoms with Crippen molar-refractivity contribution in [3.05, 3.63) is 48.4 Å². The Labute approximate surface area is 103 Å². The lowest BCUT2D eigenvalue weighted by molar-refractivity contribution is 0.100. The fraction of sp³-hybridized carbons (Fsp3) is 0. The first-order valence-corrected chi connectivity index (χ1v) is 5.44. The first kappa shape index (κ1) is 10.5. The van der Waals surface area contributed by atoms with E-state index in [9.17, 15) is 4.79 Å². The molecule has 0 bridgehead atoms. The zero-order valence-electron chi connectivity index (χ0n) is 9.42. The molecule has 0 saturated heterocycles. The summed E-state index contributed by atoms with van der Waals surface area (Å²) < 4.78 is 0. The molecule has 1 aromatic carbocycles. The number of primary amides is 1. The minimum Gasteiger partial charge on any atom is -0.366 e. The molecule has 0 spiro atoms. The largest absolute Gasteiger partial charge is 0.366 e. The maximum absolute atomic E-state index is 11.4. The van der Waals surface area contributed by atoms with Gasteiger partial charge in [-0.25, -0.2) is 9.97 Å². The zero-order valence-corrected chi connectivity index (χ0v) is 9.42. The normalized spacial score (nSPS) is 10.7. The highest BCUT2D eigenvalue weighted by atomic mass is 16.1. The smallest absolute Gasteiger partial charge is 0.249 e. The molecule has 0 unspecified atom stereocenters. The number of amides is 1. The Balaban J connectivity index is 2.33. The lowest BCUT2D eigenvalue weighted by atomic mass is 10.0. The van der Waals surface area contributed by atoms with Gasteiger partial charge < -0.3 is 10.7 Å². The summed E-state index contributed by atoms with van der Waals surface area (Å²) in [5, 5.41) is 0.867. The van der Waals surface area contributed by atoms with E-state index in [1.54, 1.807) is 18.3 Å². The number of aromatic amines is 1. The number of carbonyl (C=O) groups is 1. The molecule has 5 nitrogen and oxygen atoms in total. The van der Waals surface area contributed by atoms with Gasteiger partial charge in [0.25, 0.3) is 0 Å². The van der Waals surface area contributed by atoms with Gasteiger partial charge in [0.1, 0.15) is 12.0 Å². The Hall–Kier alpha value is -2.69. The fourth-order valence-electron chi connectivity index (χ4n) is 1.99. The van der Waals surface area contributed by atoms with E-state index in [1.807, 2.05) is 18.2 Å². The van der Waals surface area contributed by atoms with Gasteiger partial charge in [-0.15, -0.1) is 0 Å². The molecule has 3 aromatic rings. The molecule has 5 heteroatoms. The van der Waals surface area contributed by atoms with Crippen LogP contribution in [0, 0.1) is 0 Å². The van der Waals surface area contributed by atoms with E-state index in [1.165, 1.54) is 6.33 Å². The number of H-pyrrole nitrogens is 1. The molecule has 3 rings (SSSR count). The monoisotopic (exact) mass is 238 g/mol. The number of nitrogens with zero attached hydrogens (tertiary/aromatic N) is 2. The highest BCUT2D eigenvalue weighted by Gasteiger charge is 2.13. The van der Waals surface area contributed by atoms with Gasteiger partial charge in [0.2, 0.25) is 5.91 Å². The van der Waals surface area contributed by atoms with Crippen LogP contribution >= 0.6 is 0 Å². The Kier molecular flexibility index (Phi) is 2.30. The van der Waals surface area contributed by atoms with Gasteiger partial charge in [0, 0.05) is 22.7 Å². The predicted octanol–water partition coefficient (Wildman–Crippen LogP) is 1.72. The third-order valence-electron chi connectivity index (χ3n) is 2.80. The van der Waals surface area contributed by atoms with Crippen LogP contribution in [0.2, 0.25) is 0 Å². The lowest BCUT2D eigenvalue weighted by Gasteiger charge is -2.06. The highest BCUT2D eigenvalue weighted by Crippen LogP contribution is 2.27. The SMILES string of the molecule is NC(=O)c1ccccc1-c1ncnc2[nH]ccc12. The average Bonchev–Trinajstić information content (AvgIpc) is 2.86. The second-order valence-corrected chi connectivity index (χ2v) is 3.87. The summed E-state index contributed by atoms with van der Waals surface area (Å²) >= 11 is 0. The summed E-state index contributed by atoms with van der Waals surface area (Å²) in [6.07, 6.45) is 3.25. The molecule has 18 heavy (non-hydrogen) atoms. The molecule has 0 aliphatic heterocycles. The van der Waals surface area contributed by atoms with Gasteiger partial charge >= 0.3 is 0 Å². The van der Waals surface area contributed by atoms with Crippen molar-refractivity contribution in [2.75, 3.05) is 0 Å². The Morgan fingerprint density at radius 1 is 1.17 bits per heavy atom. The van der Waals surface area contributed by atoms with Crippen molar-refractivity contribution >= 4 is 16.9 Å². The molecule has 3 N–H and O–H groups in total. The third-order valence-corrected chi connectivity index (χ3v) is 2.80. The topological polar surface area (TPSA) is 84.7 Å². The van der Waals surface area contributed by atoms with E-state index < -0.39 is 5.91 Å².